The Bertz CT molecular complexity index is 696. The zero-order valence-corrected chi connectivity index (χ0v) is 12.6. The third-order valence-corrected chi connectivity index (χ3v) is 3.37. The van der Waals surface area contributed by atoms with Crippen LogP contribution in [-0.2, 0) is 19.7 Å². The number of carboxylic acids is 1. The molecule has 0 aliphatic rings. The van der Waals surface area contributed by atoms with E-state index in [1.165, 1.54) is 6.92 Å². The molecule has 0 aliphatic heterocycles. The largest absolute Gasteiger partial charge is 0.480 e. The van der Waals surface area contributed by atoms with Gasteiger partial charge in [0.1, 0.15) is 5.60 Å². The maximum atomic E-state index is 12.5. The first-order valence-electron chi connectivity index (χ1n) is 6.69. The average molecular weight is 289 g/mol. The van der Waals surface area contributed by atoms with Gasteiger partial charge in [0.15, 0.2) is 5.41 Å². The molecule has 0 saturated carbocycles. The van der Waals surface area contributed by atoms with Crippen LogP contribution in [0.3, 0.4) is 0 Å². The van der Waals surface area contributed by atoms with E-state index in [9.17, 15) is 14.7 Å². The van der Waals surface area contributed by atoms with E-state index in [-0.39, 0.29) is 0 Å². The quantitative estimate of drug-likeness (QED) is 0.672. The van der Waals surface area contributed by atoms with Crippen molar-refractivity contribution < 1.29 is 19.4 Å². The standard InChI is InChI=1S/C16H19NO4/c1-15(2,3)21-14(20)16(4,13(18)19)11-6-5-7-12-10(11)8-9-17-12/h5-9,17H,1-4H3,(H,18,19). The van der Waals surface area contributed by atoms with Gasteiger partial charge < -0.3 is 14.8 Å². The minimum atomic E-state index is -1.75. The number of fused-ring (bicyclic) bond motifs is 1. The van der Waals surface area contributed by atoms with E-state index in [0.717, 1.165) is 5.52 Å². The number of carbonyl (C=O) groups is 2. The smallest absolute Gasteiger partial charge is 0.328 e. The number of H-pyrrole nitrogens is 1. The number of nitrogens with one attached hydrogen (secondary N) is 1. The van der Waals surface area contributed by atoms with E-state index < -0.39 is 23.0 Å². The van der Waals surface area contributed by atoms with Gasteiger partial charge in [0, 0.05) is 17.1 Å². The molecule has 0 fully saturated rings. The van der Waals surface area contributed by atoms with Crippen LogP contribution in [0.15, 0.2) is 30.5 Å². The maximum absolute atomic E-state index is 12.5. The van der Waals surface area contributed by atoms with E-state index >= 15 is 0 Å². The molecule has 5 nitrogen and oxygen atoms in total. The highest BCUT2D eigenvalue weighted by Crippen LogP contribution is 2.33. The molecule has 21 heavy (non-hydrogen) atoms. The van der Waals surface area contributed by atoms with Crippen molar-refractivity contribution in [3.8, 4) is 0 Å². The highest BCUT2D eigenvalue weighted by molar-refractivity contribution is 6.08. The lowest BCUT2D eigenvalue weighted by Gasteiger charge is -2.29. The molecular weight excluding hydrogens is 270 g/mol. The van der Waals surface area contributed by atoms with Gasteiger partial charge in [-0.25, -0.2) is 0 Å². The van der Waals surface area contributed by atoms with Crippen LogP contribution in [0.5, 0.6) is 0 Å². The molecule has 1 aromatic heterocycles. The fourth-order valence-electron chi connectivity index (χ4n) is 2.21. The zero-order chi connectivity index (χ0) is 15.8. The maximum Gasteiger partial charge on any atom is 0.328 e. The summed E-state index contributed by atoms with van der Waals surface area (Å²) >= 11 is 0. The number of carbonyl (C=O) groups excluding carboxylic acids is 1. The van der Waals surface area contributed by atoms with Crippen molar-refractivity contribution in [2.45, 2.75) is 38.7 Å². The van der Waals surface area contributed by atoms with Gasteiger partial charge in [0.25, 0.3) is 0 Å². The molecule has 0 radical (unpaired) electrons. The van der Waals surface area contributed by atoms with Crippen LogP contribution >= 0.6 is 0 Å². The van der Waals surface area contributed by atoms with E-state index in [2.05, 4.69) is 4.98 Å². The Balaban J connectivity index is 2.60. The molecule has 1 atom stereocenters. The van der Waals surface area contributed by atoms with Crippen LogP contribution in [0.2, 0.25) is 0 Å². The molecule has 0 aliphatic carbocycles. The fourth-order valence-corrected chi connectivity index (χ4v) is 2.21. The summed E-state index contributed by atoms with van der Waals surface area (Å²) in [6.45, 7) is 6.52. The summed E-state index contributed by atoms with van der Waals surface area (Å²) in [5, 5.41) is 10.3. The van der Waals surface area contributed by atoms with Crippen LogP contribution in [0.1, 0.15) is 33.3 Å². The summed E-state index contributed by atoms with van der Waals surface area (Å²) in [6, 6.07) is 6.96. The number of aromatic nitrogens is 1. The van der Waals surface area contributed by atoms with E-state index in [4.69, 9.17) is 4.74 Å². The van der Waals surface area contributed by atoms with Crippen molar-refractivity contribution in [3.63, 3.8) is 0 Å². The van der Waals surface area contributed by atoms with Gasteiger partial charge in [-0.3, -0.25) is 9.59 Å². The highest BCUT2D eigenvalue weighted by atomic mass is 16.6. The molecule has 2 aromatic rings. The number of hydrogen-bond acceptors (Lipinski definition) is 3. The minimum Gasteiger partial charge on any atom is -0.480 e. The zero-order valence-electron chi connectivity index (χ0n) is 12.6. The third kappa shape index (κ3) is 2.63. The van der Waals surface area contributed by atoms with Crippen molar-refractivity contribution in [3.05, 3.63) is 36.0 Å². The molecule has 1 unspecified atom stereocenters. The summed E-state index contributed by atoms with van der Waals surface area (Å²) in [7, 11) is 0. The molecule has 0 spiro atoms. The first kappa shape index (κ1) is 15.1. The first-order chi connectivity index (χ1) is 9.66. The van der Waals surface area contributed by atoms with Crippen LogP contribution in [0, 0.1) is 0 Å². The van der Waals surface area contributed by atoms with Crippen molar-refractivity contribution >= 4 is 22.8 Å². The summed E-state index contributed by atoms with van der Waals surface area (Å²) in [5.41, 5.74) is -1.30. The van der Waals surface area contributed by atoms with Gasteiger partial charge in [-0.1, -0.05) is 12.1 Å². The Hall–Kier alpha value is -2.30. The lowest BCUT2D eigenvalue weighted by Crippen LogP contribution is -2.45. The van der Waals surface area contributed by atoms with Gasteiger partial charge in [0.2, 0.25) is 0 Å². The van der Waals surface area contributed by atoms with Crippen LogP contribution < -0.4 is 0 Å². The first-order valence-corrected chi connectivity index (χ1v) is 6.69. The Kier molecular flexibility index (Phi) is 3.53. The van der Waals surface area contributed by atoms with Gasteiger partial charge >= 0.3 is 11.9 Å². The molecule has 112 valence electrons. The number of benzene rings is 1. The van der Waals surface area contributed by atoms with E-state index in [0.29, 0.717) is 10.9 Å². The van der Waals surface area contributed by atoms with Gasteiger partial charge in [-0.05, 0) is 45.4 Å². The lowest BCUT2D eigenvalue weighted by atomic mass is 9.80. The highest BCUT2D eigenvalue weighted by Gasteiger charge is 2.47. The van der Waals surface area contributed by atoms with Crippen molar-refractivity contribution in [1.29, 1.82) is 0 Å². The number of ether oxygens (including phenoxy) is 1. The van der Waals surface area contributed by atoms with Gasteiger partial charge in [-0.2, -0.15) is 0 Å². The molecule has 0 bridgehead atoms. The molecule has 2 rings (SSSR count). The summed E-state index contributed by atoms with van der Waals surface area (Å²) < 4.78 is 5.31. The van der Waals surface area contributed by atoms with Crippen LogP contribution in [-0.4, -0.2) is 27.6 Å². The monoisotopic (exact) mass is 289 g/mol. The Labute approximate surface area is 122 Å². The number of carboxylic acid groups (broad SMARTS) is 1. The number of rotatable bonds is 3. The molecule has 5 heteroatoms. The average Bonchev–Trinajstić information content (AvgIpc) is 2.83. The summed E-state index contributed by atoms with van der Waals surface area (Å²) in [4.78, 5) is 27.3. The van der Waals surface area contributed by atoms with Crippen LogP contribution in [0.4, 0.5) is 0 Å². The van der Waals surface area contributed by atoms with Crippen molar-refractivity contribution in [1.82, 2.24) is 4.98 Å². The topological polar surface area (TPSA) is 79.4 Å². The SMILES string of the molecule is CC(C)(C)OC(=O)C(C)(C(=O)O)c1cccc2[nH]ccc12. The van der Waals surface area contributed by atoms with Gasteiger partial charge in [0.05, 0.1) is 0 Å². The predicted molar refractivity (Wildman–Crippen MR) is 79.1 cm³/mol. The second-order valence-corrected chi connectivity index (χ2v) is 6.18. The summed E-state index contributed by atoms with van der Waals surface area (Å²) in [5.74, 6) is -2.00. The van der Waals surface area contributed by atoms with Crippen LogP contribution in [0.25, 0.3) is 10.9 Å². The summed E-state index contributed by atoms with van der Waals surface area (Å²) in [6.07, 6.45) is 1.71. The number of aliphatic carboxylic acids is 1. The van der Waals surface area contributed by atoms with Gasteiger partial charge in [-0.15, -0.1) is 0 Å². The molecule has 2 N–H and O–H groups in total. The third-order valence-electron chi connectivity index (χ3n) is 3.37. The lowest BCUT2D eigenvalue weighted by molar-refractivity contribution is -0.168. The Morgan fingerprint density at radius 3 is 2.38 bits per heavy atom. The second kappa shape index (κ2) is 4.91. The van der Waals surface area contributed by atoms with Crippen molar-refractivity contribution in [2.24, 2.45) is 0 Å². The van der Waals surface area contributed by atoms with Crippen molar-refractivity contribution in [2.75, 3.05) is 0 Å². The minimum absolute atomic E-state index is 0.419. The predicted octanol–water partition coefficient (Wildman–Crippen LogP) is 2.85. The number of aromatic amines is 1. The normalized spacial score (nSPS) is 14.7. The molecule has 1 aromatic carbocycles. The second-order valence-electron chi connectivity index (χ2n) is 6.18. The Morgan fingerprint density at radius 2 is 1.81 bits per heavy atom. The Morgan fingerprint density at radius 1 is 1.14 bits per heavy atom. The molecular formula is C16H19NO4. The molecule has 0 amide bonds. The number of esters is 1. The molecule has 1 heterocycles. The fraction of sp³-hybridized carbons (Fsp3) is 0.375. The van der Waals surface area contributed by atoms with E-state index in [1.807, 2.05) is 6.07 Å². The molecule has 0 saturated heterocycles. The van der Waals surface area contributed by atoms with E-state index in [1.54, 1.807) is 45.2 Å². The number of hydrogen-bond donors (Lipinski definition) is 2.